The van der Waals surface area contributed by atoms with Crippen molar-refractivity contribution in [1.29, 1.82) is 0 Å². The normalized spacial score (nSPS) is 11.6. The first-order chi connectivity index (χ1) is 10.8. The summed E-state index contributed by atoms with van der Waals surface area (Å²) in [6.45, 7) is 6.72. The molecule has 0 atom stereocenters. The van der Waals surface area contributed by atoms with Gasteiger partial charge in [0, 0.05) is 5.56 Å². The minimum Gasteiger partial charge on any atom is -0.478 e. The minimum absolute atomic E-state index is 0.0779. The van der Waals surface area contributed by atoms with Gasteiger partial charge in [-0.15, -0.1) is 0 Å². The van der Waals surface area contributed by atoms with Gasteiger partial charge in [-0.05, 0) is 23.8 Å². The van der Waals surface area contributed by atoms with Gasteiger partial charge in [-0.3, -0.25) is 4.79 Å². The largest absolute Gasteiger partial charge is 0.478 e. The lowest BCUT2D eigenvalue weighted by molar-refractivity contribution is 0.0696. The number of rotatable bonds is 5. The van der Waals surface area contributed by atoms with Gasteiger partial charge in [0.25, 0.3) is 0 Å². The van der Waals surface area contributed by atoms with E-state index in [0.717, 1.165) is 0 Å². The van der Waals surface area contributed by atoms with Gasteiger partial charge in [-0.25, -0.2) is 4.79 Å². The summed E-state index contributed by atoms with van der Waals surface area (Å²) in [5.74, 6) is -1.06. The Balaban J connectivity index is 2.22. The molecule has 118 valence electrons. The first kappa shape index (κ1) is 16.9. The van der Waals surface area contributed by atoms with Gasteiger partial charge >= 0.3 is 5.97 Å². The maximum Gasteiger partial charge on any atom is 0.335 e. The van der Waals surface area contributed by atoms with Gasteiger partial charge in [0.1, 0.15) is 0 Å². The monoisotopic (exact) mass is 324 g/mol. The second kappa shape index (κ2) is 6.75. The van der Waals surface area contributed by atoms with E-state index in [1.54, 1.807) is 24.3 Å². The zero-order chi connectivity index (χ0) is 17.0. The van der Waals surface area contributed by atoms with E-state index < -0.39 is 14.0 Å². The SMILES string of the molecule is C[Si](C)(C)c1cccc(C(=O)/C=C/c2cccc(C(=O)O)c2)c1. The molecule has 0 amide bonds. The molecule has 0 saturated carbocycles. The molecule has 2 aromatic carbocycles. The fourth-order valence-corrected chi connectivity index (χ4v) is 3.37. The molecule has 0 unspecified atom stereocenters. The number of carboxylic acid groups (broad SMARTS) is 1. The Morgan fingerprint density at radius 3 is 2.26 bits per heavy atom. The molecule has 0 aliphatic rings. The zero-order valence-electron chi connectivity index (χ0n) is 13.5. The maximum absolute atomic E-state index is 12.3. The van der Waals surface area contributed by atoms with Crippen molar-refractivity contribution >= 4 is 31.1 Å². The molecule has 3 nitrogen and oxygen atoms in total. The Morgan fingerprint density at radius 1 is 0.957 bits per heavy atom. The van der Waals surface area contributed by atoms with Gasteiger partial charge in [-0.2, -0.15) is 0 Å². The summed E-state index contributed by atoms with van der Waals surface area (Å²) in [7, 11) is -1.46. The van der Waals surface area contributed by atoms with Gasteiger partial charge in [0.05, 0.1) is 13.6 Å². The average molecular weight is 324 g/mol. The quantitative estimate of drug-likeness (QED) is 0.517. The molecule has 2 aromatic rings. The van der Waals surface area contributed by atoms with Crippen LogP contribution >= 0.6 is 0 Å². The Morgan fingerprint density at radius 2 is 1.61 bits per heavy atom. The van der Waals surface area contributed by atoms with Crippen LogP contribution < -0.4 is 5.19 Å². The number of hydrogen-bond acceptors (Lipinski definition) is 2. The number of carbonyl (C=O) groups excluding carboxylic acids is 1. The number of aromatic carboxylic acids is 1. The van der Waals surface area contributed by atoms with Crippen molar-refractivity contribution in [3.8, 4) is 0 Å². The fourth-order valence-electron chi connectivity index (χ4n) is 2.18. The molecule has 0 aromatic heterocycles. The fraction of sp³-hybridized carbons (Fsp3) is 0.158. The van der Waals surface area contributed by atoms with Crippen LogP contribution in [-0.4, -0.2) is 24.9 Å². The van der Waals surface area contributed by atoms with E-state index in [1.165, 1.54) is 17.3 Å². The number of hydrogen-bond donors (Lipinski definition) is 1. The van der Waals surface area contributed by atoms with E-state index in [4.69, 9.17) is 5.11 Å². The van der Waals surface area contributed by atoms with Crippen LogP contribution in [-0.2, 0) is 0 Å². The van der Waals surface area contributed by atoms with E-state index in [9.17, 15) is 9.59 Å². The van der Waals surface area contributed by atoms with Crippen molar-refractivity contribution in [2.45, 2.75) is 19.6 Å². The van der Waals surface area contributed by atoms with Gasteiger partial charge in [0.2, 0.25) is 0 Å². The summed E-state index contributed by atoms with van der Waals surface area (Å²) in [4.78, 5) is 23.3. The highest BCUT2D eigenvalue weighted by atomic mass is 28.3. The van der Waals surface area contributed by atoms with Crippen LogP contribution in [0.5, 0.6) is 0 Å². The predicted octanol–water partition coefficient (Wildman–Crippen LogP) is 3.83. The molecule has 0 fully saturated rings. The second-order valence-corrected chi connectivity index (χ2v) is 11.5. The summed E-state index contributed by atoms with van der Waals surface area (Å²) in [5.41, 5.74) is 1.57. The van der Waals surface area contributed by atoms with Crippen molar-refractivity contribution in [3.05, 3.63) is 71.3 Å². The van der Waals surface area contributed by atoms with E-state index >= 15 is 0 Å². The van der Waals surface area contributed by atoms with Crippen molar-refractivity contribution in [1.82, 2.24) is 0 Å². The van der Waals surface area contributed by atoms with Crippen molar-refractivity contribution in [2.24, 2.45) is 0 Å². The van der Waals surface area contributed by atoms with Crippen LogP contribution in [0.4, 0.5) is 0 Å². The van der Waals surface area contributed by atoms with Crippen LogP contribution in [0.3, 0.4) is 0 Å². The summed E-state index contributed by atoms with van der Waals surface area (Å²) >= 11 is 0. The highest BCUT2D eigenvalue weighted by molar-refractivity contribution is 6.88. The number of ketones is 1. The van der Waals surface area contributed by atoms with Crippen molar-refractivity contribution in [2.75, 3.05) is 0 Å². The molecule has 0 aliphatic carbocycles. The Kier molecular flexibility index (Phi) is 4.96. The van der Waals surface area contributed by atoms with Crippen LogP contribution in [0.25, 0.3) is 6.08 Å². The first-order valence-corrected chi connectivity index (χ1v) is 10.9. The lowest BCUT2D eigenvalue weighted by atomic mass is 10.1. The lowest BCUT2D eigenvalue weighted by Crippen LogP contribution is -2.37. The second-order valence-electron chi connectivity index (χ2n) is 6.46. The molecule has 23 heavy (non-hydrogen) atoms. The third kappa shape index (κ3) is 4.50. The summed E-state index contributed by atoms with van der Waals surface area (Å²) in [6.07, 6.45) is 3.14. The third-order valence-corrected chi connectivity index (χ3v) is 5.62. The van der Waals surface area contributed by atoms with E-state index in [1.807, 2.05) is 18.2 Å². The molecule has 0 heterocycles. The van der Waals surface area contributed by atoms with E-state index in [0.29, 0.717) is 11.1 Å². The Labute approximate surface area is 137 Å². The Hall–Kier alpha value is -2.46. The zero-order valence-corrected chi connectivity index (χ0v) is 14.5. The van der Waals surface area contributed by atoms with Gasteiger partial charge in [-0.1, -0.05) is 67.3 Å². The van der Waals surface area contributed by atoms with Crippen molar-refractivity contribution < 1.29 is 14.7 Å². The maximum atomic E-state index is 12.3. The standard InChI is InChI=1S/C19H20O3Si/c1-23(2,3)17-9-5-7-15(13-17)18(20)11-10-14-6-4-8-16(12-14)19(21)22/h4-13H,1-3H3,(H,21,22)/b11-10+. The van der Waals surface area contributed by atoms with Crippen LogP contribution in [0.15, 0.2) is 54.6 Å². The molecule has 0 saturated heterocycles. The molecule has 1 N–H and O–H groups in total. The highest BCUT2D eigenvalue weighted by Crippen LogP contribution is 2.10. The van der Waals surface area contributed by atoms with Crippen molar-refractivity contribution in [3.63, 3.8) is 0 Å². The molecule has 2 rings (SSSR count). The molecule has 0 spiro atoms. The summed E-state index contributed by atoms with van der Waals surface area (Å²) < 4.78 is 0. The highest BCUT2D eigenvalue weighted by Gasteiger charge is 2.17. The molecule has 4 heteroatoms. The number of carbonyl (C=O) groups is 2. The van der Waals surface area contributed by atoms with Gasteiger partial charge in [0.15, 0.2) is 5.78 Å². The topological polar surface area (TPSA) is 54.4 Å². The molecular formula is C19H20O3Si. The Bertz CT molecular complexity index is 770. The third-order valence-electron chi connectivity index (χ3n) is 3.57. The lowest BCUT2D eigenvalue weighted by Gasteiger charge is -2.16. The van der Waals surface area contributed by atoms with Gasteiger partial charge < -0.3 is 5.11 Å². The van der Waals surface area contributed by atoms with Crippen LogP contribution in [0, 0.1) is 0 Å². The van der Waals surface area contributed by atoms with Crippen LogP contribution in [0.1, 0.15) is 26.3 Å². The molecule has 0 radical (unpaired) electrons. The number of benzene rings is 2. The predicted molar refractivity (Wildman–Crippen MR) is 96.2 cm³/mol. The van der Waals surface area contributed by atoms with E-state index in [-0.39, 0.29) is 11.3 Å². The molecule has 0 aliphatic heterocycles. The smallest absolute Gasteiger partial charge is 0.335 e. The number of allylic oxidation sites excluding steroid dienone is 1. The minimum atomic E-state index is -1.46. The summed E-state index contributed by atoms with van der Waals surface area (Å²) in [6, 6.07) is 14.3. The first-order valence-electron chi connectivity index (χ1n) is 7.44. The molecular weight excluding hydrogens is 304 g/mol. The van der Waals surface area contributed by atoms with E-state index in [2.05, 4.69) is 25.7 Å². The number of carboxylic acids is 1. The molecule has 0 bridgehead atoms. The average Bonchev–Trinajstić information content (AvgIpc) is 2.52. The van der Waals surface area contributed by atoms with Crippen LogP contribution in [0.2, 0.25) is 19.6 Å². The summed E-state index contributed by atoms with van der Waals surface area (Å²) in [5, 5.41) is 10.2.